The molecule has 21 heavy (non-hydrogen) atoms. The van der Waals surface area contributed by atoms with Gasteiger partial charge < -0.3 is 10.4 Å². The third kappa shape index (κ3) is 4.45. The monoisotopic (exact) mass is 290 g/mol. The lowest BCUT2D eigenvalue weighted by molar-refractivity contribution is -0.129. The Balaban J connectivity index is 2.92. The first-order valence-corrected chi connectivity index (χ1v) is 6.49. The molecule has 1 atom stereocenters. The zero-order valence-corrected chi connectivity index (χ0v) is 12.2. The van der Waals surface area contributed by atoms with E-state index in [1.165, 1.54) is 25.4 Å². The molecule has 0 fully saturated rings. The van der Waals surface area contributed by atoms with Crippen LogP contribution in [0.15, 0.2) is 18.3 Å². The predicted molar refractivity (Wildman–Crippen MR) is 75.0 cm³/mol. The average molecular weight is 290 g/mol. The Morgan fingerprint density at radius 1 is 1.52 bits per heavy atom. The topological polar surface area (TPSA) is 106 Å². The third-order valence-corrected chi connectivity index (χ3v) is 2.79. The molecular weight excluding hydrogens is 272 g/mol. The van der Waals surface area contributed by atoms with E-state index in [0.29, 0.717) is 6.42 Å². The highest BCUT2D eigenvalue weighted by Gasteiger charge is 2.26. The second kappa shape index (κ2) is 7.24. The molecule has 0 saturated carbocycles. The lowest BCUT2D eigenvalue weighted by Crippen LogP contribution is -2.47. The number of amides is 2. The van der Waals surface area contributed by atoms with Crippen LogP contribution in [0.3, 0.4) is 0 Å². The smallest absolute Gasteiger partial charge is 0.274 e. The molecule has 0 aliphatic carbocycles. The van der Waals surface area contributed by atoms with Crippen LogP contribution < -0.4 is 5.32 Å². The number of nitrogens with zero attached hydrogens (tertiary/aromatic N) is 3. The van der Waals surface area contributed by atoms with Crippen LogP contribution in [-0.2, 0) is 4.79 Å². The molecule has 0 radical (unpaired) electrons. The van der Waals surface area contributed by atoms with Crippen LogP contribution in [0, 0.1) is 17.4 Å². The van der Waals surface area contributed by atoms with Crippen LogP contribution in [-0.4, -0.2) is 39.9 Å². The van der Waals surface area contributed by atoms with Crippen molar-refractivity contribution >= 4 is 11.8 Å². The molecule has 0 aliphatic rings. The molecule has 7 nitrogen and oxygen atoms in total. The van der Waals surface area contributed by atoms with Crippen molar-refractivity contribution in [1.82, 2.24) is 15.2 Å². The van der Waals surface area contributed by atoms with Gasteiger partial charge in [-0.2, -0.15) is 5.26 Å². The first-order valence-electron chi connectivity index (χ1n) is 6.49. The normalized spacial score (nSPS) is 11.6. The Morgan fingerprint density at radius 3 is 2.71 bits per heavy atom. The largest absolute Gasteiger partial charge is 0.505 e. The standard InChI is InChI=1S/C14H18N4O3/c1-9(2)7-10(14(21)18(3)8-15)17-13(20)12-11(19)5-4-6-16-12/h4-6,9-10,19H,7H2,1-3H3,(H,17,20)/t10-/m1/s1. The number of rotatable bonds is 5. The van der Waals surface area contributed by atoms with E-state index in [4.69, 9.17) is 5.26 Å². The highest BCUT2D eigenvalue weighted by Crippen LogP contribution is 2.14. The van der Waals surface area contributed by atoms with Crippen molar-refractivity contribution in [1.29, 1.82) is 5.26 Å². The summed E-state index contributed by atoms with van der Waals surface area (Å²) in [6.45, 7) is 3.80. The summed E-state index contributed by atoms with van der Waals surface area (Å²) in [5.41, 5.74) is -0.154. The predicted octanol–water partition coefficient (Wildman–Crippen LogP) is 0.871. The van der Waals surface area contributed by atoms with Crippen LogP contribution in [0.4, 0.5) is 0 Å². The SMILES string of the molecule is CC(C)C[C@@H](NC(=O)c1ncccc1O)C(=O)N(C)C#N. The maximum atomic E-state index is 12.1. The Labute approximate surface area is 123 Å². The van der Waals surface area contributed by atoms with E-state index in [2.05, 4.69) is 10.3 Å². The number of carbonyl (C=O) groups excluding carboxylic acids is 2. The lowest BCUT2D eigenvalue weighted by atomic mass is 10.0. The molecule has 0 saturated heterocycles. The molecular formula is C14H18N4O3. The van der Waals surface area contributed by atoms with E-state index >= 15 is 0 Å². The summed E-state index contributed by atoms with van der Waals surface area (Å²) in [6, 6.07) is 1.98. The quantitative estimate of drug-likeness (QED) is 0.618. The average Bonchev–Trinajstić information content (AvgIpc) is 2.44. The first-order chi connectivity index (χ1) is 9.86. The molecule has 0 bridgehead atoms. The van der Waals surface area contributed by atoms with Crippen molar-refractivity contribution in [2.75, 3.05) is 7.05 Å². The van der Waals surface area contributed by atoms with Crippen LogP contribution in [0.1, 0.15) is 30.8 Å². The van der Waals surface area contributed by atoms with Gasteiger partial charge in [-0.05, 0) is 24.5 Å². The van der Waals surface area contributed by atoms with Crippen molar-refractivity contribution in [2.24, 2.45) is 5.92 Å². The highest BCUT2D eigenvalue weighted by atomic mass is 16.3. The summed E-state index contributed by atoms with van der Waals surface area (Å²) in [6.07, 6.45) is 3.46. The molecule has 1 aromatic rings. The number of hydrogen-bond donors (Lipinski definition) is 2. The van der Waals surface area contributed by atoms with E-state index in [9.17, 15) is 14.7 Å². The minimum absolute atomic E-state index is 0.142. The summed E-state index contributed by atoms with van der Waals surface area (Å²) in [5.74, 6) is -1.28. The number of aromatic hydroxyl groups is 1. The molecule has 7 heteroatoms. The molecule has 1 rings (SSSR count). The molecule has 0 aliphatic heterocycles. The van der Waals surface area contributed by atoms with E-state index in [-0.39, 0.29) is 17.4 Å². The summed E-state index contributed by atoms with van der Waals surface area (Å²) >= 11 is 0. The number of nitriles is 1. The van der Waals surface area contributed by atoms with Gasteiger partial charge in [-0.1, -0.05) is 13.8 Å². The summed E-state index contributed by atoms with van der Waals surface area (Å²) in [5, 5.41) is 20.9. The molecule has 1 aromatic heterocycles. The van der Waals surface area contributed by atoms with Gasteiger partial charge in [-0.3, -0.25) is 14.5 Å². The van der Waals surface area contributed by atoms with Gasteiger partial charge in [-0.25, -0.2) is 4.98 Å². The van der Waals surface area contributed by atoms with Gasteiger partial charge in [0.15, 0.2) is 11.9 Å². The Kier molecular flexibility index (Phi) is 5.67. The van der Waals surface area contributed by atoms with Gasteiger partial charge in [0, 0.05) is 13.2 Å². The van der Waals surface area contributed by atoms with E-state index in [1.807, 2.05) is 13.8 Å². The van der Waals surface area contributed by atoms with E-state index in [1.54, 1.807) is 6.19 Å². The molecule has 2 N–H and O–H groups in total. The molecule has 0 spiro atoms. The fourth-order valence-corrected chi connectivity index (χ4v) is 1.77. The molecule has 112 valence electrons. The minimum atomic E-state index is -0.844. The van der Waals surface area contributed by atoms with Crippen LogP contribution in [0.2, 0.25) is 0 Å². The zero-order valence-electron chi connectivity index (χ0n) is 12.2. The van der Waals surface area contributed by atoms with Crippen molar-refractivity contribution < 1.29 is 14.7 Å². The second-order valence-corrected chi connectivity index (χ2v) is 5.02. The molecule has 0 unspecified atom stereocenters. The number of aromatic nitrogens is 1. The maximum absolute atomic E-state index is 12.1. The Bertz CT molecular complexity index is 566. The third-order valence-electron chi connectivity index (χ3n) is 2.79. The Hall–Kier alpha value is -2.62. The molecule has 1 heterocycles. The highest BCUT2D eigenvalue weighted by molar-refractivity contribution is 5.98. The molecule has 0 aromatic carbocycles. The van der Waals surface area contributed by atoms with Gasteiger partial charge in [0.25, 0.3) is 11.8 Å². The van der Waals surface area contributed by atoms with E-state index < -0.39 is 17.9 Å². The maximum Gasteiger partial charge on any atom is 0.274 e. The van der Waals surface area contributed by atoms with Crippen LogP contribution in [0.25, 0.3) is 0 Å². The van der Waals surface area contributed by atoms with Gasteiger partial charge in [-0.15, -0.1) is 0 Å². The van der Waals surface area contributed by atoms with Crippen molar-refractivity contribution in [3.05, 3.63) is 24.0 Å². The number of hydrogen-bond acceptors (Lipinski definition) is 5. The van der Waals surface area contributed by atoms with E-state index in [0.717, 1.165) is 4.90 Å². The van der Waals surface area contributed by atoms with Gasteiger partial charge in [0.1, 0.15) is 11.8 Å². The fourth-order valence-electron chi connectivity index (χ4n) is 1.77. The van der Waals surface area contributed by atoms with Crippen molar-refractivity contribution in [3.63, 3.8) is 0 Å². The van der Waals surface area contributed by atoms with Crippen LogP contribution >= 0.6 is 0 Å². The minimum Gasteiger partial charge on any atom is -0.505 e. The number of pyridine rings is 1. The number of nitrogens with one attached hydrogen (secondary N) is 1. The Morgan fingerprint density at radius 2 is 2.19 bits per heavy atom. The zero-order chi connectivity index (χ0) is 16.0. The summed E-state index contributed by atoms with van der Waals surface area (Å²) < 4.78 is 0. The number of carbonyl (C=O) groups is 2. The van der Waals surface area contributed by atoms with Gasteiger partial charge >= 0.3 is 0 Å². The second-order valence-electron chi connectivity index (χ2n) is 5.02. The van der Waals surface area contributed by atoms with Crippen LogP contribution in [0.5, 0.6) is 5.75 Å². The summed E-state index contributed by atoms with van der Waals surface area (Å²) in [4.78, 5) is 28.8. The first kappa shape index (κ1) is 16.4. The fraction of sp³-hybridized carbons (Fsp3) is 0.429. The lowest BCUT2D eigenvalue weighted by Gasteiger charge is -2.21. The number of likely N-dealkylation sites (N-methyl/N-ethyl adjacent to an activating group) is 1. The van der Waals surface area contributed by atoms with Crippen molar-refractivity contribution in [3.8, 4) is 11.9 Å². The van der Waals surface area contributed by atoms with Crippen molar-refractivity contribution in [2.45, 2.75) is 26.3 Å². The molecule has 2 amide bonds. The van der Waals surface area contributed by atoms with Gasteiger partial charge in [0.05, 0.1) is 0 Å². The summed E-state index contributed by atoms with van der Waals surface area (Å²) in [7, 11) is 1.33. The van der Waals surface area contributed by atoms with Gasteiger partial charge in [0.2, 0.25) is 0 Å².